The number of carbonyl (C=O) groups excluding carboxylic acids is 2. The summed E-state index contributed by atoms with van der Waals surface area (Å²) in [6.45, 7) is 2.75. The minimum Gasteiger partial charge on any atom is -0.340 e. The fraction of sp³-hybridized carbons (Fsp3) is 0.318. The first-order valence-corrected chi connectivity index (χ1v) is 9.79. The zero-order chi connectivity index (χ0) is 19.3. The highest BCUT2D eigenvalue weighted by atomic mass is 16.2. The Morgan fingerprint density at radius 3 is 3.00 bits per heavy atom. The Hall–Kier alpha value is -3.15. The Balaban J connectivity index is 1.38. The standard InChI is InChI=1S/C22H22N4O2/c1-13-4-2-5-17-20(13)25-21(24-17)18-6-3-11-26(18)22(28)23-15-8-9-16-14(12-15)7-10-19(16)27/h2,4-5,8-9,12,18H,3,6-7,10-11H2,1H3,(H,23,28)(H,24,25)/t18-/m1/s1. The van der Waals surface area contributed by atoms with Gasteiger partial charge in [0.05, 0.1) is 17.1 Å². The molecule has 2 heterocycles. The molecular weight excluding hydrogens is 352 g/mol. The molecule has 1 aromatic heterocycles. The second kappa shape index (κ2) is 6.48. The van der Waals surface area contributed by atoms with Crippen LogP contribution in [0, 0.1) is 6.92 Å². The van der Waals surface area contributed by atoms with E-state index in [-0.39, 0.29) is 17.9 Å². The number of hydrogen-bond donors (Lipinski definition) is 2. The molecule has 1 fully saturated rings. The lowest BCUT2D eigenvalue weighted by Crippen LogP contribution is -2.34. The molecule has 0 unspecified atom stereocenters. The van der Waals surface area contributed by atoms with Gasteiger partial charge in [-0.1, -0.05) is 12.1 Å². The van der Waals surface area contributed by atoms with Crippen LogP contribution in [0.5, 0.6) is 0 Å². The van der Waals surface area contributed by atoms with Gasteiger partial charge in [-0.05, 0) is 61.6 Å². The third-order valence-corrected chi connectivity index (χ3v) is 5.84. The first-order valence-electron chi connectivity index (χ1n) is 9.79. The molecule has 1 aliphatic carbocycles. The Morgan fingerprint density at radius 2 is 2.14 bits per heavy atom. The first-order chi connectivity index (χ1) is 13.6. The zero-order valence-electron chi connectivity index (χ0n) is 15.8. The molecule has 2 amide bonds. The molecule has 1 atom stereocenters. The van der Waals surface area contributed by atoms with E-state index < -0.39 is 0 Å². The number of nitrogens with zero attached hydrogens (tertiary/aromatic N) is 2. The number of H-pyrrole nitrogens is 1. The molecule has 0 radical (unpaired) electrons. The number of imidazole rings is 1. The maximum absolute atomic E-state index is 13.0. The molecule has 5 rings (SSSR count). The third kappa shape index (κ3) is 2.76. The van der Waals surface area contributed by atoms with E-state index in [1.807, 2.05) is 48.2 Å². The SMILES string of the molecule is Cc1cccc2[nH]c([C@H]3CCCN3C(=O)Nc3ccc4c(c3)CCC4=O)nc12. The van der Waals surface area contributed by atoms with Gasteiger partial charge in [0.25, 0.3) is 0 Å². The molecule has 0 bridgehead atoms. The van der Waals surface area contributed by atoms with E-state index in [1.54, 1.807) is 0 Å². The lowest BCUT2D eigenvalue weighted by molar-refractivity contribution is 0.0994. The quantitative estimate of drug-likeness (QED) is 0.699. The van der Waals surface area contributed by atoms with Crippen molar-refractivity contribution in [1.29, 1.82) is 0 Å². The van der Waals surface area contributed by atoms with Crippen LogP contribution >= 0.6 is 0 Å². The van der Waals surface area contributed by atoms with E-state index in [0.29, 0.717) is 13.0 Å². The number of rotatable bonds is 2. The van der Waals surface area contributed by atoms with Crippen LogP contribution in [0.15, 0.2) is 36.4 Å². The van der Waals surface area contributed by atoms with Crippen molar-refractivity contribution >= 4 is 28.5 Å². The predicted molar refractivity (Wildman–Crippen MR) is 108 cm³/mol. The molecular formula is C22H22N4O2. The molecule has 0 saturated carbocycles. The van der Waals surface area contributed by atoms with Crippen LogP contribution in [0.3, 0.4) is 0 Å². The monoisotopic (exact) mass is 374 g/mol. The number of nitrogens with one attached hydrogen (secondary N) is 2. The number of likely N-dealkylation sites (tertiary alicyclic amines) is 1. The number of aryl methyl sites for hydroxylation is 2. The average molecular weight is 374 g/mol. The highest BCUT2D eigenvalue weighted by molar-refractivity contribution is 6.01. The Labute approximate surface area is 163 Å². The summed E-state index contributed by atoms with van der Waals surface area (Å²) in [6.07, 6.45) is 3.16. The number of fused-ring (bicyclic) bond motifs is 2. The largest absolute Gasteiger partial charge is 0.340 e. The van der Waals surface area contributed by atoms with Crippen molar-refractivity contribution in [3.63, 3.8) is 0 Å². The van der Waals surface area contributed by atoms with Crippen LogP contribution < -0.4 is 5.32 Å². The minimum absolute atomic E-state index is 0.0530. The van der Waals surface area contributed by atoms with E-state index in [9.17, 15) is 9.59 Å². The van der Waals surface area contributed by atoms with Crippen molar-refractivity contribution in [3.8, 4) is 0 Å². The van der Waals surface area contributed by atoms with Crippen LogP contribution in [0.25, 0.3) is 11.0 Å². The van der Waals surface area contributed by atoms with Gasteiger partial charge in [0.2, 0.25) is 0 Å². The maximum atomic E-state index is 13.0. The van der Waals surface area contributed by atoms with Gasteiger partial charge in [-0.15, -0.1) is 0 Å². The molecule has 6 nitrogen and oxygen atoms in total. The molecule has 1 aliphatic heterocycles. The lowest BCUT2D eigenvalue weighted by Gasteiger charge is -2.23. The molecule has 2 N–H and O–H groups in total. The summed E-state index contributed by atoms with van der Waals surface area (Å²) in [5.41, 5.74) is 5.65. The van der Waals surface area contributed by atoms with Gasteiger partial charge in [0.1, 0.15) is 5.82 Å². The number of hydrogen-bond acceptors (Lipinski definition) is 3. The number of para-hydroxylation sites is 1. The summed E-state index contributed by atoms with van der Waals surface area (Å²) in [5.74, 6) is 1.03. The fourth-order valence-corrected chi connectivity index (χ4v) is 4.37. The van der Waals surface area contributed by atoms with Crippen molar-refractivity contribution in [2.45, 2.75) is 38.6 Å². The normalized spacial score (nSPS) is 18.7. The van der Waals surface area contributed by atoms with E-state index in [2.05, 4.69) is 10.3 Å². The number of Topliss-reactive ketones (excluding diaryl/α,β-unsaturated/α-hetero) is 1. The smallest absolute Gasteiger partial charge is 0.322 e. The zero-order valence-corrected chi connectivity index (χ0v) is 15.8. The van der Waals surface area contributed by atoms with Gasteiger partial charge in [0.15, 0.2) is 5.78 Å². The number of amides is 2. The highest BCUT2D eigenvalue weighted by Crippen LogP contribution is 2.33. The average Bonchev–Trinajstić information content (AvgIpc) is 3.40. The van der Waals surface area contributed by atoms with Gasteiger partial charge < -0.3 is 15.2 Å². The summed E-state index contributed by atoms with van der Waals surface area (Å²) in [7, 11) is 0. The number of carbonyl (C=O) groups is 2. The number of ketones is 1. The molecule has 142 valence electrons. The van der Waals surface area contributed by atoms with Crippen molar-refractivity contribution in [2.24, 2.45) is 0 Å². The molecule has 6 heteroatoms. The van der Waals surface area contributed by atoms with Crippen molar-refractivity contribution in [2.75, 3.05) is 11.9 Å². The Morgan fingerprint density at radius 1 is 1.25 bits per heavy atom. The second-order valence-corrected chi connectivity index (χ2v) is 7.67. The number of aromatic nitrogens is 2. The van der Waals surface area contributed by atoms with E-state index in [0.717, 1.165) is 58.5 Å². The van der Waals surface area contributed by atoms with Crippen LogP contribution in [-0.4, -0.2) is 33.2 Å². The van der Waals surface area contributed by atoms with Crippen LogP contribution in [-0.2, 0) is 6.42 Å². The van der Waals surface area contributed by atoms with E-state index >= 15 is 0 Å². The van der Waals surface area contributed by atoms with Gasteiger partial charge in [-0.25, -0.2) is 9.78 Å². The van der Waals surface area contributed by atoms with E-state index in [4.69, 9.17) is 4.98 Å². The van der Waals surface area contributed by atoms with Crippen LogP contribution in [0.2, 0.25) is 0 Å². The summed E-state index contributed by atoms with van der Waals surface area (Å²) >= 11 is 0. The Kier molecular flexibility index (Phi) is 3.93. The fourth-order valence-electron chi connectivity index (χ4n) is 4.37. The molecule has 2 aromatic carbocycles. The molecule has 28 heavy (non-hydrogen) atoms. The predicted octanol–water partition coefficient (Wildman–Crippen LogP) is 4.37. The molecule has 2 aliphatic rings. The molecule has 1 saturated heterocycles. The highest BCUT2D eigenvalue weighted by Gasteiger charge is 2.32. The van der Waals surface area contributed by atoms with Gasteiger partial charge in [-0.2, -0.15) is 0 Å². The number of aromatic amines is 1. The third-order valence-electron chi connectivity index (χ3n) is 5.84. The number of benzene rings is 2. The van der Waals surface area contributed by atoms with Crippen molar-refractivity contribution < 1.29 is 9.59 Å². The molecule has 3 aromatic rings. The lowest BCUT2D eigenvalue weighted by atomic mass is 10.1. The van der Waals surface area contributed by atoms with E-state index in [1.165, 1.54) is 0 Å². The summed E-state index contributed by atoms with van der Waals surface area (Å²) in [6, 6.07) is 11.5. The van der Waals surface area contributed by atoms with Crippen molar-refractivity contribution in [1.82, 2.24) is 14.9 Å². The second-order valence-electron chi connectivity index (χ2n) is 7.67. The van der Waals surface area contributed by atoms with Crippen LogP contribution in [0.1, 0.15) is 52.6 Å². The van der Waals surface area contributed by atoms with Gasteiger partial charge in [0, 0.05) is 24.2 Å². The van der Waals surface area contributed by atoms with Crippen LogP contribution in [0.4, 0.5) is 10.5 Å². The minimum atomic E-state index is -0.121. The maximum Gasteiger partial charge on any atom is 0.322 e. The molecule has 0 spiro atoms. The topological polar surface area (TPSA) is 78.1 Å². The van der Waals surface area contributed by atoms with Crippen molar-refractivity contribution in [3.05, 3.63) is 58.9 Å². The Bertz CT molecular complexity index is 1100. The summed E-state index contributed by atoms with van der Waals surface area (Å²) in [4.78, 5) is 34.8. The van der Waals surface area contributed by atoms with Gasteiger partial charge >= 0.3 is 6.03 Å². The first kappa shape index (κ1) is 17.0. The summed E-state index contributed by atoms with van der Waals surface area (Å²) in [5, 5.41) is 3.01. The van der Waals surface area contributed by atoms with Gasteiger partial charge in [-0.3, -0.25) is 4.79 Å². The number of urea groups is 1. The summed E-state index contributed by atoms with van der Waals surface area (Å²) < 4.78 is 0. The number of anilines is 1.